The lowest BCUT2D eigenvalue weighted by molar-refractivity contribution is 0.0102. The Labute approximate surface area is 171 Å². The number of hydrogen-bond donors (Lipinski definition) is 2. The summed E-state index contributed by atoms with van der Waals surface area (Å²) in [4.78, 5) is 10.9. The molecule has 0 amide bonds. The molecule has 0 radical (unpaired) electrons. The molecule has 29 heavy (non-hydrogen) atoms. The van der Waals surface area contributed by atoms with E-state index in [4.69, 9.17) is 20.6 Å². The van der Waals surface area contributed by atoms with E-state index in [1.807, 2.05) is 25.1 Å². The van der Waals surface area contributed by atoms with E-state index in [1.54, 1.807) is 12.1 Å². The van der Waals surface area contributed by atoms with E-state index >= 15 is 0 Å². The summed E-state index contributed by atoms with van der Waals surface area (Å²) >= 11 is 0. The molecule has 2 unspecified atom stereocenters. The largest absolute Gasteiger partial charge is 0.488 e. The molecular weight excluding hydrogens is 366 g/mol. The van der Waals surface area contributed by atoms with Gasteiger partial charge in [-0.2, -0.15) is 0 Å². The van der Waals surface area contributed by atoms with Crippen molar-refractivity contribution in [2.45, 2.75) is 44.5 Å². The van der Waals surface area contributed by atoms with Crippen molar-refractivity contribution in [3.8, 4) is 5.75 Å². The highest BCUT2D eigenvalue weighted by molar-refractivity contribution is 6.13. The van der Waals surface area contributed by atoms with Crippen LogP contribution in [-0.4, -0.2) is 46.6 Å². The lowest BCUT2D eigenvalue weighted by Crippen LogP contribution is -2.46. The van der Waals surface area contributed by atoms with Crippen LogP contribution in [-0.2, 0) is 4.74 Å². The first kappa shape index (κ1) is 19.4. The van der Waals surface area contributed by atoms with Crippen molar-refractivity contribution in [3.63, 3.8) is 0 Å². The van der Waals surface area contributed by atoms with Crippen molar-refractivity contribution in [2.75, 3.05) is 23.7 Å². The monoisotopic (exact) mass is 393 g/mol. The number of aromatic nitrogens is 2. The molecule has 1 saturated carbocycles. The molecule has 2 aromatic rings. The van der Waals surface area contributed by atoms with Gasteiger partial charge in [-0.3, -0.25) is 5.41 Å². The third-order valence-corrected chi connectivity index (χ3v) is 5.39. The molecule has 2 atom stereocenters. The maximum absolute atomic E-state index is 8.70. The number of anilines is 2. The fourth-order valence-electron chi connectivity index (χ4n) is 3.48. The van der Waals surface area contributed by atoms with Gasteiger partial charge in [0.25, 0.3) is 0 Å². The van der Waals surface area contributed by atoms with Crippen molar-refractivity contribution >= 4 is 17.2 Å². The van der Waals surface area contributed by atoms with Crippen molar-refractivity contribution in [1.82, 2.24) is 9.97 Å². The Morgan fingerprint density at radius 1 is 1.34 bits per heavy atom. The summed E-state index contributed by atoms with van der Waals surface area (Å²) < 4.78 is 11.9. The zero-order chi connectivity index (χ0) is 20.6. The summed E-state index contributed by atoms with van der Waals surface area (Å²) in [7, 11) is 0. The smallest absolute Gasteiger partial charge is 0.132 e. The van der Waals surface area contributed by atoms with Crippen LogP contribution in [0.15, 0.2) is 43.2 Å². The second-order valence-electron chi connectivity index (χ2n) is 8.06. The summed E-state index contributed by atoms with van der Waals surface area (Å²) in [5.41, 5.74) is 7.97. The molecule has 4 rings (SSSR count). The Balaban J connectivity index is 1.59. The van der Waals surface area contributed by atoms with Gasteiger partial charge in [-0.05, 0) is 44.9 Å². The third-order valence-electron chi connectivity index (χ3n) is 5.39. The fourth-order valence-corrected chi connectivity index (χ4v) is 3.48. The SMILES string of the molecule is C=CC1CN(c2cc(C(=N)c3cc(OC4(C)CC4)ccc3N)ncn2)CC(C)O1. The van der Waals surface area contributed by atoms with Crippen molar-refractivity contribution < 1.29 is 9.47 Å². The third kappa shape index (κ3) is 4.24. The summed E-state index contributed by atoms with van der Waals surface area (Å²) in [5.74, 6) is 1.49. The van der Waals surface area contributed by atoms with Gasteiger partial charge in [0.2, 0.25) is 0 Å². The molecule has 2 aliphatic rings. The predicted molar refractivity (Wildman–Crippen MR) is 114 cm³/mol. The Morgan fingerprint density at radius 2 is 2.14 bits per heavy atom. The summed E-state index contributed by atoms with van der Waals surface area (Å²) in [6, 6.07) is 7.29. The molecule has 1 aromatic heterocycles. The first-order valence-corrected chi connectivity index (χ1v) is 9.90. The van der Waals surface area contributed by atoms with E-state index in [2.05, 4.69) is 28.4 Å². The van der Waals surface area contributed by atoms with E-state index in [0.717, 1.165) is 31.0 Å². The van der Waals surface area contributed by atoms with Crippen LogP contribution in [0.5, 0.6) is 5.75 Å². The average Bonchev–Trinajstić information content (AvgIpc) is 3.45. The van der Waals surface area contributed by atoms with Crippen LogP contribution in [0.25, 0.3) is 0 Å². The summed E-state index contributed by atoms with van der Waals surface area (Å²) in [6.07, 6.45) is 5.40. The predicted octanol–water partition coefficient (Wildman–Crippen LogP) is 3.19. The second-order valence-corrected chi connectivity index (χ2v) is 8.06. The number of nitrogens with zero attached hydrogens (tertiary/aromatic N) is 3. The Hall–Kier alpha value is -2.93. The topological polar surface area (TPSA) is 97.4 Å². The Bertz CT molecular complexity index is 941. The van der Waals surface area contributed by atoms with Crippen molar-refractivity contribution in [2.24, 2.45) is 0 Å². The van der Waals surface area contributed by atoms with Gasteiger partial charge in [0, 0.05) is 30.4 Å². The van der Waals surface area contributed by atoms with Crippen LogP contribution in [0.4, 0.5) is 11.5 Å². The number of nitrogens with one attached hydrogen (secondary N) is 1. The minimum atomic E-state index is -0.0909. The normalized spacial score (nSPS) is 22.8. The van der Waals surface area contributed by atoms with Crippen LogP contribution in [0, 0.1) is 5.41 Å². The highest BCUT2D eigenvalue weighted by Gasteiger charge is 2.40. The van der Waals surface area contributed by atoms with Crippen LogP contribution in [0.3, 0.4) is 0 Å². The van der Waals surface area contributed by atoms with Gasteiger partial charge in [0.05, 0.1) is 23.6 Å². The number of ether oxygens (including phenoxy) is 2. The average molecular weight is 393 g/mol. The standard InChI is InChI=1S/C22H27N5O2/c1-4-15-12-27(11-14(2)28-15)20-10-19(25-13-26-20)21(24)17-9-16(5-6-18(17)23)29-22(3)7-8-22/h4-6,9-10,13-15,24H,1,7-8,11-12,23H2,2-3H3. The Kier molecular flexibility index (Phi) is 5.00. The molecule has 152 valence electrons. The van der Waals surface area contributed by atoms with Gasteiger partial charge in [-0.1, -0.05) is 6.08 Å². The molecule has 1 aliphatic carbocycles. The van der Waals surface area contributed by atoms with Crippen LogP contribution >= 0.6 is 0 Å². The van der Waals surface area contributed by atoms with Gasteiger partial charge < -0.3 is 20.1 Å². The highest BCUT2D eigenvalue weighted by atomic mass is 16.5. The molecule has 1 aliphatic heterocycles. The van der Waals surface area contributed by atoms with E-state index in [9.17, 15) is 0 Å². The molecule has 1 aromatic carbocycles. The lowest BCUT2D eigenvalue weighted by Gasteiger charge is -2.36. The fraction of sp³-hybridized carbons (Fsp3) is 0.409. The zero-order valence-corrected chi connectivity index (χ0v) is 16.9. The molecule has 0 spiro atoms. The summed E-state index contributed by atoms with van der Waals surface area (Å²) in [6.45, 7) is 9.34. The maximum atomic E-state index is 8.70. The maximum Gasteiger partial charge on any atom is 0.132 e. The van der Waals surface area contributed by atoms with Crippen LogP contribution < -0.4 is 15.4 Å². The van der Waals surface area contributed by atoms with Gasteiger partial charge in [-0.25, -0.2) is 9.97 Å². The van der Waals surface area contributed by atoms with E-state index in [-0.39, 0.29) is 23.5 Å². The van der Waals surface area contributed by atoms with Gasteiger partial charge >= 0.3 is 0 Å². The van der Waals surface area contributed by atoms with E-state index in [0.29, 0.717) is 23.5 Å². The quantitative estimate of drug-likeness (QED) is 0.444. The minimum Gasteiger partial charge on any atom is -0.488 e. The number of benzene rings is 1. The molecule has 2 fully saturated rings. The first-order valence-electron chi connectivity index (χ1n) is 9.90. The highest BCUT2D eigenvalue weighted by Crippen LogP contribution is 2.40. The lowest BCUT2D eigenvalue weighted by atomic mass is 10.0. The second kappa shape index (κ2) is 7.48. The number of rotatable bonds is 6. The van der Waals surface area contributed by atoms with Crippen molar-refractivity contribution in [3.05, 3.63) is 54.5 Å². The van der Waals surface area contributed by atoms with E-state index in [1.165, 1.54) is 6.33 Å². The van der Waals surface area contributed by atoms with Gasteiger partial charge in [0.1, 0.15) is 23.5 Å². The molecule has 7 nitrogen and oxygen atoms in total. The van der Waals surface area contributed by atoms with Crippen molar-refractivity contribution in [1.29, 1.82) is 5.41 Å². The number of morpholine rings is 1. The molecule has 3 N–H and O–H groups in total. The Morgan fingerprint density at radius 3 is 2.86 bits per heavy atom. The van der Waals surface area contributed by atoms with E-state index < -0.39 is 0 Å². The van der Waals surface area contributed by atoms with Gasteiger partial charge in [0.15, 0.2) is 0 Å². The number of hydrogen-bond acceptors (Lipinski definition) is 7. The molecule has 7 heteroatoms. The van der Waals surface area contributed by atoms with Gasteiger partial charge in [-0.15, -0.1) is 6.58 Å². The number of nitrogens with two attached hydrogens (primary N) is 1. The van der Waals surface area contributed by atoms with Crippen LogP contribution in [0.2, 0.25) is 0 Å². The number of nitrogen functional groups attached to an aromatic ring is 1. The molecule has 2 heterocycles. The van der Waals surface area contributed by atoms with Crippen LogP contribution in [0.1, 0.15) is 37.9 Å². The summed E-state index contributed by atoms with van der Waals surface area (Å²) in [5, 5.41) is 8.70. The molecule has 1 saturated heterocycles. The minimum absolute atomic E-state index is 0.0510. The molecular formula is C22H27N5O2. The molecule has 0 bridgehead atoms. The first-order chi connectivity index (χ1) is 13.9. The zero-order valence-electron chi connectivity index (χ0n) is 16.9.